The molecule has 2 aliphatic heterocycles. The van der Waals surface area contributed by atoms with Gasteiger partial charge in [0.05, 0.1) is 30.0 Å². The van der Waals surface area contributed by atoms with E-state index in [4.69, 9.17) is 0 Å². The minimum Gasteiger partial charge on any atom is -0.465 e. The number of anilines is 2. The average Bonchev–Trinajstić information content (AvgIpc) is 3.11. The lowest BCUT2D eigenvalue weighted by molar-refractivity contribution is -0.122. The van der Waals surface area contributed by atoms with Gasteiger partial charge in [-0.05, 0) is 36.4 Å². The summed E-state index contributed by atoms with van der Waals surface area (Å²) < 4.78 is 4.65. The average molecular weight is 420 g/mol. The third-order valence-corrected chi connectivity index (χ3v) is 5.23. The van der Waals surface area contributed by atoms with Crippen LogP contribution in [0.2, 0.25) is 0 Å². The van der Waals surface area contributed by atoms with E-state index in [-0.39, 0.29) is 5.57 Å². The number of esters is 1. The van der Waals surface area contributed by atoms with Crippen LogP contribution in [0.15, 0.2) is 66.4 Å². The van der Waals surface area contributed by atoms with E-state index >= 15 is 0 Å². The second kappa shape index (κ2) is 7.94. The van der Waals surface area contributed by atoms with E-state index in [2.05, 4.69) is 15.4 Å². The third kappa shape index (κ3) is 3.61. The summed E-state index contributed by atoms with van der Waals surface area (Å²) in [6.07, 6.45) is 1.56. The Balaban J connectivity index is 1.52. The Bertz CT molecular complexity index is 1080. The molecule has 2 atom stereocenters. The van der Waals surface area contributed by atoms with Gasteiger partial charge in [-0.25, -0.2) is 14.5 Å². The SMILES string of the molecule is COC(=O)c1ccc(NC(=O)C2=CN(C)C3C(=O)N(c4ccccc4)C(=O)NC23)cc1. The first-order valence-corrected chi connectivity index (χ1v) is 9.53. The fraction of sp³-hybridized carbons (Fsp3) is 0.182. The van der Waals surface area contributed by atoms with Crippen molar-refractivity contribution >= 4 is 35.2 Å². The van der Waals surface area contributed by atoms with Crippen molar-refractivity contribution < 1.29 is 23.9 Å². The van der Waals surface area contributed by atoms with Gasteiger partial charge < -0.3 is 20.3 Å². The first kappa shape index (κ1) is 20.1. The molecule has 0 radical (unpaired) electrons. The normalized spacial score (nSPS) is 20.0. The highest BCUT2D eigenvalue weighted by atomic mass is 16.5. The summed E-state index contributed by atoms with van der Waals surface area (Å²) in [6, 6.07) is 12.7. The molecule has 2 aromatic carbocycles. The lowest BCUT2D eigenvalue weighted by Gasteiger charge is -2.37. The van der Waals surface area contributed by atoms with Crippen LogP contribution in [-0.4, -0.2) is 55.0 Å². The number of rotatable bonds is 4. The van der Waals surface area contributed by atoms with Gasteiger partial charge in [0.15, 0.2) is 0 Å². The Labute approximate surface area is 178 Å². The van der Waals surface area contributed by atoms with Gasteiger partial charge in [0, 0.05) is 18.9 Å². The largest absolute Gasteiger partial charge is 0.465 e. The van der Waals surface area contributed by atoms with Crippen molar-refractivity contribution in [3.63, 3.8) is 0 Å². The molecular formula is C22H20N4O5. The van der Waals surface area contributed by atoms with E-state index in [0.29, 0.717) is 16.9 Å². The van der Waals surface area contributed by atoms with E-state index in [9.17, 15) is 19.2 Å². The molecular weight excluding hydrogens is 400 g/mol. The number of fused-ring (bicyclic) bond motifs is 1. The van der Waals surface area contributed by atoms with E-state index in [1.807, 2.05) is 0 Å². The number of urea groups is 1. The summed E-state index contributed by atoms with van der Waals surface area (Å²) in [7, 11) is 2.97. The molecule has 2 aromatic rings. The lowest BCUT2D eigenvalue weighted by Crippen LogP contribution is -2.65. The van der Waals surface area contributed by atoms with Gasteiger partial charge in [0.1, 0.15) is 6.04 Å². The highest BCUT2D eigenvalue weighted by molar-refractivity contribution is 6.20. The summed E-state index contributed by atoms with van der Waals surface area (Å²) in [4.78, 5) is 52.9. The van der Waals surface area contributed by atoms with Crippen molar-refractivity contribution in [2.24, 2.45) is 0 Å². The van der Waals surface area contributed by atoms with Gasteiger partial charge in [0.2, 0.25) is 0 Å². The molecule has 0 saturated carbocycles. The number of carbonyl (C=O) groups excluding carboxylic acids is 4. The minimum absolute atomic E-state index is 0.263. The van der Waals surface area contributed by atoms with Gasteiger partial charge in [-0.1, -0.05) is 18.2 Å². The molecule has 1 saturated heterocycles. The number of amides is 4. The fourth-order valence-electron chi connectivity index (χ4n) is 3.72. The Morgan fingerprint density at radius 1 is 1.03 bits per heavy atom. The van der Waals surface area contributed by atoms with Crippen LogP contribution in [0.25, 0.3) is 0 Å². The van der Waals surface area contributed by atoms with Crippen LogP contribution in [0.4, 0.5) is 16.2 Å². The number of nitrogens with one attached hydrogen (secondary N) is 2. The summed E-state index contributed by atoms with van der Waals surface area (Å²) >= 11 is 0. The summed E-state index contributed by atoms with van der Waals surface area (Å²) in [5.74, 6) is -1.34. The molecule has 158 valence electrons. The molecule has 0 bridgehead atoms. The Kier molecular flexibility index (Phi) is 5.16. The maximum atomic E-state index is 13.1. The van der Waals surface area contributed by atoms with Crippen LogP contribution in [0.5, 0.6) is 0 Å². The zero-order valence-electron chi connectivity index (χ0n) is 16.9. The van der Waals surface area contributed by atoms with Crippen LogP contribution < -0.4 is 15.5 Å². The molecule has 2 N–H and O–H groups in total. The van der Waals surface area contributed by atoms with Gasteiger partial charge in [-0.3, -0.25) is 9.59 Å². The molecule has 0 aromatic heterocycles. The molecule has 2 heterocycles. The second-order valence-corrected chi connectivity index (χ2v) is 7.15. The van der Waals surface area contributed by atoms with Gasteiger partial charge in [0.25, 0.3) is 11.8 Å². The molecule has 1 fully saturated rings. The summed E-state index contributed by atoms with van der Waals surface area (Å²) in [5.41, 5.74) is 1.54. The second-order valence-electron chi connectivity index (χ2n) is 7.15. The van der Waals surface area contributed by atoms with Crippen LogP contribution in [0.3, 0.4) is 0 Å². The standard InChI is InChI=1S/C22H20N4O5/c1-25-12-16(19(27)23-14-10-8-13(9-11-14)21(29)31-2)17-18(25)20(28)26(22(30)24-17)15-6-4-3-5-7-15/h3-12,17-18H,1-2H3,(H,23,27)(H,24,30). The predicted molar refractivity (Wildman–Crippen MR) is 112 cm³/mol. The fourth-order valence-corrected chi connectivity index (χ4v) is 3.72. The summed E-state index contributed by atoms with van der Waals surface area (Å²) in [6.45, 7) is 0. The van der Waals surface area contributed by atoms with Gasteiger partial charge >= 0.3 is 12.0 Å². The molecule has 0 spiro atoms. The quantitative estimate of drug-likeness (QED) is 0.730. The molecule has 4 rings (SSSR count). The highest BCUT2D eigenvalue weighted by Crippen LogP contribution is 2.29. The van der Waals surface area contributed by atoms with Crippen LogP contribution in [0, 0.1) is 0 Å². The number of para-hydroxylation sites is 1. The molecule has 4 amide bonds. The Morgan fingerprint density at radius 3 is 2.35 bits per heavy atom. The van der Waals surface area contributed by atoms with E-state index < -0.39 is 35.9 Å². The number of likely N-dealkylation sites (N-methyl/N-ethyl adjacent to an activating group) is 1. The van der Waals surface area contributed by atoms with Crippen molar-refractivity contribution in [3.8, 4) is 0 Å². The van der Waals surface area contributed by atoms with E-state index in [0.717, 1.165) is 4.90 Å². The first-order valence-electron chi connectivity index (χ1n) is 9.53. The molecule has 0 aliphatic carbocycles. The topological polar surface area (TPSA) is 108 Å². The number of hydrogen-bond acceptors (Lipinski definition) is 6. The molecule has 9 heteroatoms. The highest BCUT2D eigenvalue weighted by Gasteiger charge is 2.49. The number of methoxy groups -OCH3 is 1. The third-order valence-electron chi connectivity index (χ3n) is 5.23. The molecule has 2 unspecified atom stereocenters. The van der Waals surface area contributed by atoms with E-state index in [1.54, 1.807) is 60.6 Å². The molecule has 31 heavy (non-hydrogen) atoms. The van der Waals surface area contributed by atoms with Gasteiger partial charge in [-0.2, -0.15) is 0 Å². The molecule has 9 nitrogen and oxygen atoms in total. The Hall–Kier alpha value is -4.14. The van der Waals surface area contributed by atoms with Crippen molar-refractivity contribution in [1.82, 2.24) is 10.2 Å². The van der Waals surface area contributed by atoms with Crippen LogP contribution in [-0.2, 0) is 14.3 Å². The molecule has 2 aliphatic rings. The van der Waals surface area contributed by atoms with Crippen molar-refractivity contribution in [2.45, 2.75) is 12.1 Å². The monoisotopic (exact) mass is 420 g/mol. The number of ether oxygens (including phenoxy) is 1. The van der Waals surface area contributed by atoms with Crippen molar-refractivity contribution in [1.29, 1.82) is 0 Å². The predicted octanol–water partition coefficient (Wildman–Crippen LogP) is 1.73. The summed E-state index contributed by atoms with van der Waals surface area (Å²) in [5, 5.41) is 5.50. The van der Waals surface area contributed by atoms with E-state index in [1.165, 1.54) is 19.2 Å². The Morgan fingerprint density at radius 2 is 1.71 bits per heavy atom. The van der Waals surface area contributed by atoms with Crippen LogP contribution in [0.1, 0.15) is 10.4 Å². The smallest absolute Gasteiger partial charge is 0.337 e. The number of carbonyl (C=O) groups is 4. The zero-order valence-corrected chi connectivity index (χ0v) is 16.9. The maximum absolute atomic E-state index is 13.1. The van der Waals surface area contributed by atoms with Crippen molar-refractivity contribution in [2.75, 3.05) is 24.4 Å². The number of benzene rings is 2. The van der Waals surface area contributed by atoms with Crippen molar-refractivity contribution in [3.05, 3.63) is 71.9 Å². The number of hydrogen-bond donors (Lipinski definition) is 2. The maximum Gasteiger partial charge on any atom is 0.337 e. The number of nitrogens with zero attached hydrogens (tertiary/aromatic N) is 2. The minimum atomic E-state index is -0.778. The zero-order chi connectivity index (χ0) is 22.1. The first-order chi connectivity index (χ1) is 14.9. The number of imide groups is 1. The lowest BCUT2D eigenvalue weighted by atomic mass is 9.99. The van der Waals surface area contributed by atoms with Crippen LogP contribution >= 0.6 is 0 Å². The van der Waals surface area contributed by atoms with Gasteiger partial charge in [-0.15, -0.1) is 0 Å².